The largest absolute Gasteiger partial charge is 0.296 e. The summed E-state index contributed by atoms with van der Waals surface area (Å²) in [4.78, 5) is 36.9. The van der Waals surface area contributed by atoms with Gasteiger partial charge in [0.05, 0.1) is 11.4 Å². The van der Waals surface area contributed by atoms with Crippen LogP contribution in [0.25, 0.3) is 0 Å². The molecule has 0 aromatic carbocycles. The second kappa shape index (κ2) is 6.85. The lowest BCUT2D eigenvalue weighted by Crippen LogP contribution is -2.18. The summed E-state index contributed by atoms with van der Waals surface area (Å²) < 4.78 is 0. The van der Waals surface area contributed by atoms with Gasteiger partial charge in [0.25, 0.3) is 11.8 Å². The van der Waals surface area contributed by atoms with E-state index >= 15 is 0 Å². The maximum Gasteiger partial charge on any atom is 0.276 e. The van der Waals surface area contributed by atoms with Crippen molar-refractivity contribution in [3.8, 4) is 0 Å². The minimum absolute atomic E-state index is 0.144. The summed E-state index contributed by atoms with van der Waals surface area (Å²) in [6.45, 7) is 3.69. The normalized spacial score (nSPS) is 10.4. The predicted molar refractivity (Wildman–Crippen MR) is 93.8 cm³/mol. The molecule has 122 valence electrons. The number of aryl methyl sites for hydroxylation is 2. The van der Waals surface area contributed by atoms with Gasteiger partial charge in [-0.1, -0.05) is 6.07 Å². The van der Waals surface area contributed by atoms with E-state index in [1.54, 1.807) is 18.2 Å². The number of amides is 2. The minimum atomic E-state index is -0.413. The molecule has 9 heteroatoms. The SMILES string of the molecule is Cc1csc(NC(=O)c2cccc(C(=O)Nc3nc(C)cs3)n2)n1. The van der Waals surface area contributed by atoms with E-state index in [0.29, 0.717) is 10.3 Å². The first-order valence-electron chi connectivity index (χ1n) is 6.95. The van der Waals surface area contributed by atoms with Crippen molar-refractivity contribution < 1.29 is 9.59 Å². The Morgan fingerprint density at radius 1 is 0.833 bits per heavy atom. The molecule has 24 heavy (non-hydrogen) atoms. The summed E-state index contributed by atoms with van der Waals surface area (Å²) in [6.07, 6.45) is 0. The van der Waals surface area contributed by atoms with E-state index in [4.69, 9.17) is 0 Å². The number of nitrogens with one attached hydrogen (secondary N) is 2. The van der Waals surface area contributed by atoms with E-state index in [-0.39, 0.29) is 11.4 Å². The highest BCUT2D eigenvalue weighted by molar-refractivity contribution is 7.14. The lowest BCUT2D eigenvalue weighted by atomic mass is 10.3. The maximum absolute atomic E-state index is 12.2. The average Bonchev–Trinajstić information content (AvgIpc) is 3.15. The molecule has 0 unspecified atom stereocenters. The smallest absolute Gasteiger partial charge is 0.276 e. The van der Waals surface area contributed by atoms with Crippen molar-refractivity contribution >= 4 is 44.8 Å². The molecule has 3 aromatic heterocycles. The molecule has 7 nitrogen and oxygen atoms in total. The van der Waals surface area contributed by atoms with Crippen LogP contribution in [0.3, 0.4) is 0 Å². The van der Waals surface area contributed by atoms with Gasteiger partial charge in [-0.15, -0.1) is 22.7 Å². The van der Waals surface area contributed by atoms with Gasteiger partial charge in [-0.05, 0) is 26.0 Å². The topological polar surface area (TPSA) is 96.9 Å². The van der Waals surface area contributed by atoms with Gasteiger partial charge < -0.3 is 0 Å². The van der Waals surface area contributed by atoms with Gasteiger partial charge in [0, 0.05) is 10.8 Å². The molecule has 0 aliphatic carbocycles. The summed E-state index contributed by atoms with van der Waals surface area (Å²) in [5.41, 5.74) is 1.95. The zero-order chi connectivity index (χ0) is 17.1. The monoisotopic (exact) mass is 359 g/mol. The van der Waals surface area contributed by atoms with Gasteiger partial charge in [0.2, 0.25) is 0 Å². The van der Waals surface area contributed by atoms with Crippen molar-refractivity contribution in [1.29, 1.82) is 0 Å². The Morgan fingerprint density at radius 3 is 1.67 bits per heavy atom. The van der Waals surface area contributed by atoms with Crippen LogP contribution >= 0.6 is 22.7 Å². The van der Waals surface area contributed by atoms with E-state index < -0.39 is 11.8 Å². The summed E-state index contributed by atoms with van der Waals surface area (Å²) in [5.74, 6) is -0.826. The predicted octanol–water partition coefficient (Wildman–Crippen LogP) is 3.12. The Balaban J connectivity index is 1.73. The Bertz CT molecular complexity index is 833. The fraction of sp³-hybridized carbons (Fsp3) is 0.133. The van der Waals surface area contributed by atoms with Crippen molar-refractivity contribution in [2.75, 3.05) is 10.6 Å². The molecule has 3 aromatic rings. The third-order valence-corrected chi connectivity index (χ3v) is 4.64. The summed E-state index contributed by atoms with van der Waals surface area (Å²) in [5, 5.41) is 9.98. The van der Waals surface area contributed by atoms with Gasteiger partial charge in [0.15, 0.2) is 10.3 Å². The molecule has 3 heterocycles. The quantitative estimate of drug-likeness (QED) is 0.746. The number of thiazole rings is 2. The number of nitrogens with zero attached hydrogens (tertiary/aromatic N) is 3. The first-order valence-corrected chi connectivity index (χ1v) is 8.71. The molecule has 0 atom stereocenters. The fourth-order valence-corrected chi connectivity index (χ4v) is 3.20. The van der Waals surface area contributed by atoms with Crippen molar-refractivity contribution in [1.82, 2.24) is 15.0 Å². The highest BCUT2D eigenvalue weighted by Crippen LogP contribution is 2.17. The van der Waals surface area contributed by atoms with Crippen LogP contribution in [-0.2, 0) is 0 Å². The van der Waals surface area contributed by atoms with Crippen LogP contribution in [0.4, 0.5) is 10.3 Å². The van der Waals surface area contributed by atoms with Crippen molar-refractivity contribution in [3.05, 3.63) is 51.7 Å². The van der Waals surface area contributed by atoms with Crippen LogP contribution in [0.15, 0.2) is 29.0 Å². The molecule has 0 bridgehead atoms. The Hall–Kier alpha value is -2.65. The van der Waals surface area contributed by atoms with Gasteiger partial charge in [-0.25, -0.2) is 15.0 Å². The van der Waals surface area contributed by atoms with Gasteiger partial charge in [0.1, 0.15) is 11.4 Å². The summed E-state index contributed by atoms with van der Waals surface area (Å²) in [6, 6.07) is 4.69. The number of carbonyl (C=O) groups excluding carboxylic acids is 2. The second-order valence-electron chi connectivity index (χ2n) is 4.90. The van der Waals surface area contributed by atoms with Crippen molar-refractivity contribution in [3.63, 3.8) is 0 Å². The van der Waals surface area contributed by atoms with Crippen molar-refractivity contribution in [2.45, 2.75) is 13.8 Å². The van der Waals surface area contributed by atoms with Gasteiger partial charge in [-0.2, -0.15) is 0 Å². The lowest BCUT2D eigenvalue weighted by Gasteiger charge is -2.04. The zero-order valence-corrected chi connectivity index (χ0v) is 14.5. The van der Waals surface area contributed by atoms with E-state index in [1.807, 2.05) is 24.6 Å². The van der Waals surface area contributed by atoms with E-state index in [0.717, 1.165) is 11.4 Å². The molecule has 2 N–H and O–H groups in total. The van der Waals surface area contributed by atoms with Gasteiger partial charge in [-0.3, -0.25) is 20.2 Å². The number of anilines is 2. The average molecular weight is 359 g/mol. The molecule has 0 radical (unpaired) electrons. The standard InChI is InChI=1S/C15H13N5O2S2/c1-8-6-23-14(16-8)19-12(21)10-4-3-5-11(18-10)13(22)20-15-17-9(2)7-24-15/h3-7H,1-2H3,(H,16,19,21)(H,17,20,22). The third kappa shape index (κ3) is 3.81. The molecular formula is C15H13N5O2S2. The Morgan fingerprint density at radius 2 is 1.29 bits per heavy atom. The molecule has 0 aliphatic heterocycles. The Kier molecular flexibility index (Phi) is 4.63. The molecule has 0 fully saturated rings. The first-order chi connectivity index (χ1) is 11.5. The van der Waals surface area contributed by atoms with E-state index in [9.17, 15) is 9.59 Å². The van der Waals surface area contributed by atoms with Crippen LogP contribution in [-0.4, -0.2) is 26.8 Å². The van der Waals surface area contributed by atoms with Crippen LogP contribution in [0.2, 0.25) is 0 Å². The summed E-state index contributed by atoms with van der Waals surface area (Å²) in [7, 11) is 0. The molecular weight excluding hydrogens is 346 g/mol. The summed E-state index contributed by atoms with van der Waals surface area (Å²) >= 11 is 2.66. The molecule has 2 amide bonds. The molecule has 0 saturated heterocycles. The number of pyridine rings is 1. The van der Waals surface area contributed by atoms with Crippen LogP contribution in [0.5, 0.6) is 0 Å². The third-order valence-electron chi connectivity index (χ3n) is 2.89. The minimum Gasteiger partial charge on any atom is -0.296 e. The molecule has 0 aliphatic rings. The number of hydrogen-bond donors (Lipinski definition) is 2. The highest BCUT2D eigenvalue weighted by Gasteiger charge is 2.14. The number of rotatable bonds is 4. The molecule has 0 saturated carbocycles. The lowest BCUT2D eigenvalue weighted by molar-refractivity contribution is 0.101. The van der Waals surface area contributed by atoms with E-state index in [1.165, 1.54) is 22.7 Å². The van der Waals surface area contributed by atoms with E-state index in [2.05, 4.69) is 25.6 Å². The second-order valence-corrected chi connectivity index (χ2v) is 6.62. The van der Waals surface area contributed by atoms with Crippen molar-refractivity contribution in [2.24, 2.45) is 0 Å². The molecule has 3 rings (SSSR count). The van der Waals surface area contributed by atoms with Crippen LogP contribution in [0, 0.1) is 13.8 Å². The number of hydrogen-bond acceptors (Lipinski definition) is 7. The number of aromatic nitrogens is 3. The first kappa shape index (κ1) is 16.2. The number of carbonyl (C=O) groups is 2. The fourth-order valence-electron chi connectivity index (χ4n) is 1.83. The van der Waals surface area contributed by atoms with Crippen LogP contribution in [0.1, 0.15) is 32.4 Å². The highest BCUT2D eigenvalue weighted by atomic mass is 32.1. The zero-order valence-electron chi connectivity index (χ0n) is 12.9. The Labute approximate surface area is 145 Å². The van der Waals surface area contributed by atoms with Crippen LogP contribution < -0.4 is 10.6 Å². The maximum atomic E-state index is 12.2. The molecule has 0 spiro atoms. The van der Waals surface area contributed by atoms with Gasteiger partial charge >= 0.3 is 0 Å².